The molecular formula is C9H18IN. The molecular weight excluding hydrogens is 249 g/mol. The fourth-order valence-corrected chi connectivity index (χ4v) is 1.43. The molecule has 0 amide bonds. The lowest BCUT2D eigenvalue weighted by atomic mass is 9.89. The van der Waals surface area contributed by atoms with Gasteiger partial charge in [0, 0.05) is 10.5 Å². The molecule has 0 spiro atoms. The van der Waals surface area contributed by atoms with Crippen molar-refractivity contribution >= 4 is 22.6 Å². The van der Waals surface area contributed by atoms with Crippen LogP contribution in [0.25, 0.3) is 0 Å². The summed E-state index contributed by atoms with van der Waals surface area (Å²) in [4.78, 5) is 0. The fraction of sp³-hybridized carbons (Fsp3) is 0.778. The Morgan fingerprint density at radius 3 is 2.45 bits per heavy atom. The summed E-state index contributed by atoms with van der Waals surface area (Å²) in [6, 6.07) is 0.184. The van der Waals surface area contributed by atoms with Crippen molar-refractivity contribution in [3.05, 3.63) is 12.2 Å². The van der Waals surface area contributed by atoms with Gasteiger partial charge in [-0.1, -0.05) is 48.6 Å². The summed E-state index contributed by atoms with van der Waals surface area (Å²) >= 11 is 2.42. The number of hydrogen-bond donors (Lipinski definition) is 1. The van der Waals surface area contributed by atoms with Gasteiger partial charge in [0.05, 0.1) is 0 Å². The molecule has 66 valence electrons. The van der Waals surface area contributed by atoms with E-state index in [9.17, 15) is 0 Å². The first-order valence-corrected chi connectivity index (χ1v) is 5.57. The lowest BCUT2D eigenvalue weighted by molar-refractivity contribution is 0.478. The van der Waals surface area contributed by atoms with Gasteiger partial charge in [0.2, 0.25) is 0 Å². The molecule has 0 heterocycles. The third-order valence-electron chi connectivity index (χ3n) is 1.92. The molecule has 0 saturated carbocycles. The van der Waals surface area contributed by atoms with E-state index in [1.165, 1.54) is 6.42 Å². The second kappa shape index (κ2) is 5.14. The Kier molecular flexibility index (Phi) is 5.34. The van der Waals surface area contributed by atoms with Crippen molar-refractivity contribution in [2.45, 2.75) is 33.2 Å². The highest BCUT2D eigenvalue weighted by Gasteiger charge is 2.15. The van der Waals surface area contributed by atoms with Crippen LogP contribution in [0.2, 0.25) is 0 Å². The number of nitrogens with two attached hydrogens (primary N) is 1. The predicted octanol–water partition coefficient (Wildman–Crippen LogP) is 2.74. The minimum atomic E-state index is 0.184. The van der Waals surface area contributed by atoms with E-state index in [4.69, 9.17) is 5.73 Å². The molecule has 0 bridgehead atoms. The molecule has 0 fully saturated rings. The molecule has 0 aromatic carbocycles. The topological polar surface area (TPSA) is 26.0 Å². The Morgan fingerprint density at radius 2 is 2.18 bits per heavy atom. The number of rotatable bonds is 4. The van der Waals surface area contributed by atoms with Crippen molar-refractivity contribution in [2.24, 2.45) is 11.1 Å². The SMILES string of the molecule is CC[C@@](C)(/C=C/C(C)N)CI. The Morgan fingerprint density at radius 1 is 1.64 bits per heavy atom. The van der Waals surface area contributed by atoms with Crippen LogP contribution in [0.5, 0.6) is 0 Å². The van der Waals surface area contributed by atoms with Gasteiger partial charge in [0.15, 0.2) is 0 Å². The molecule has 0 saturated heterocycles. The highest BCUT2D eigenvalue weighted by molar-refractivity contribution is 14.1. The molecule has 2 heteroatoms. The van der Waals surface area contributed by atoms with E-state index in [1.807, 2.05) is 6.92 Å². The summed E-state index contributed by atoms with van der Waals surface area (Å²) < 4.78 is 1.16. The Labute approximate surface area is 83.6 Å². The average Bonchev–Trinajstić information content (AvgIpc) is 2.00. The van der Waals surface area contributed by atoms with Crippen molar-refractivity contribution in [1.82, 2.24) is 0 Å². The van der Waals surface area contributed by atoms with E-state index in [0.717, 1.165) is 4.43 Å². The molecule has 2 atom stereocenters. The third kappa shape index (κ3) is 4.80. The monoisotopic (exact) mass is 267 g/mol. The van der Waals surface area contributed by atoms with Crippen LogP contribution in [0.3, 0.4) is 0 Å². The molecule has 0 aliphatic rings. The highest BCUT2D eigenvalue weighted by atomic mass is 127. The zero-order valence-corrected chi connectivity index (χ0v) is 9.76. The Hall–Kier alpha value is 0.430. The van der Waals surface area contributed by atoms with Gasteiger partial charge >= 0.3 is 0 Å². The smallest absolute Gasteiger partial charge is 0.0195 e. The summed E-state index contributed by atoms with van der Waals surface area (Å²) in [7, 11) is 0. The quantitative estimate of drug-likeness (QED) is 0.473. The van der Waals surface area contributed by atoms with Gasteiger partial charge in [-0.15, -0.1) is 0 Å². The lowest BCUT2D eigenvalue weighted by Gasteiger charge is -2.21. The molecule has 2 N–H and O–H groups in total. The van der Waals surface area contributed by atoms with Crippen LogP contribution in [0.15, 0.2) is 12.2 Å². The van der Waals surface area contributed by atoms with Crippen LogP contribution in [0, 0.1) is 5.41 Å². The molecule has 1 unspecified atom stereocenters. The van der Waals surface area contributed by atoms with Gasteiger partial charge in [0.1, 0.15) is 0 Å². The van der Waals surface area contributed by atoms with Crippen LogP contribution in [-0.4, -0.2) is 10.5 Å². The average molecular weight is 267 g/mol. The summed E-state index contributed by atoms with van der Waals surface area (Å²) in [5.41, 5.74) is 5.96. The molecule has 0 rings (SSSR count). The van der Waals surface area contributed by atoms with Crippen LogP contribution in [0.1, 0.15) is 27.2 Å². The normalized spacial score (nSPS) is 20.1. The molecule has 0 aliphatic heterocycles. The number of allylic oxidation sites excluding steroid dienone is 1. The van der Waals surface area contributed by atoms with Crippen molar-refractivity contribution in [2.75, 3.05) is 4.43 Å². The van der Waals surface area contributed by atoms with Gasteiger partial charge in [-0.2, -0.15) is 0 Å². The maximum Gasteiger partial charge on any atom is 0.0195 e. The van der Waals surface area contributed by atoms with E-state index >= 15 is 0 Å². The Bertz CT molecular complexity index is 126. The highest BCUT2D eigenvalue weighted by Crippen LogP contribution is 2.25. The largest absolute Gasteiger partial charge is 0.325 e. The van der Waals surface area contributed by atoms with E-state index < -0.39 is 0 Å². The summed E-state index contributed by atoms with van der Waals surface area (Å²) in [6.07, 6.45) is 5.51. The summed E-state index contributed by atoms with van der Waals surface area (Å²) in [5.74, 6) is 0. The number of halogens is 1. The van der Waals surface area contributed by atoms with E-state index in [1.54, 1.807) is 0 Å². The van der Waals surface area contributed by atoms with Crippen LogP contribution < -0.4 is 5.73 Å². The first-order chi connectivity index (χ1) is 5.04. The van der Waals surface area contributed by atoms with Crippen molar-refractivity contribution in [3.8, 4) is 0 Å². The summed E-state index contributed by atoms with van der Waals surface area (Å²) in [6.45, 7) is 6.47. The molecule has 0 radical (unpaired) electrons. The van der Waals surface area contributed by atoms with Gasteiger partial charge in [-0.3, -0.25) is 0 Å². The first kappa shape index (κ1) is 11.4. The van der Waals surface area contributed by atoms with Crippen molar-refractivity contribution in [3.63, 3.8) is 0 Å². The van der Waals surface area contributed by atoms with Gasteiger partial charge < -0.3 is 5.73 Å². The zero-order valence-electron chi connectivity index (χ0n) is 7.60. The second-order valence-corrected chi connectivity index (χ2v) is 4.12. The van der Waals surface area contributed by atoms with Crippen molar-refractivity contribution < 1.29 is 0 Å². The van der Waals surface area contributed by atoms with Gasteiger partial charge in [-0.05, 0) is 18.8 Å². The number of hydrogen-bond acceptors (Lipinski definition) is 1. The molecule has 0 aromatic rings. The van der Waals surface area contributed by atoms with Gasteiger partial charge in [0.25, 0.3) is 0 Å². The lowest BCUT2D eigenvalue weighted by Crippen LogP contribution is -2.17. The maximum atomic E-state index is 5.62. The van der Waals surface area contributed by atoms with Crippen LogP contribution >= 0.6 is 22.6 Å². The minimum absolute atomic E-state index is 0.184. The molecule has 1 nitrogen and oxygen atoms in total. The minimum Gasteiger partial charge on any atom is -0.325 e. The fourth-order valence-electron chi connectivity index (χ4n) is 0.641. The van der Waals surface area contributed by atoms with Crippen molar-refractivity contribution in [1.29, 1.82) is 0 Å². The summed E-state index contributed by atoms with van der Waals surface area (Å²) in [5, 5.41) is 0. The second-order valence-electron chi connectivity index (χ2n) is 3.36. The molecule has 0 aromatic heterocycles. The molecule has 11 heavy (non-hydrogen) atoms. The predicted molar refractivity (Wildman–Crippen MR) is 60.1 cm³/mol. The Balaban J connectivity index is 4.06. The van der Waals surface area contributed by atoms with Crippen LogP contribution in [-0.2, 0) is 0 Å². The first-order valence-electron chi connectivity index (χ1n) is 4.05. The van der Waals surface area contributed by atoms with E-state index in [-0.39, 0.29) is 6.04 Å². The number of alkyl halides is 1. The van der Waals surface area contributed by atoms with Gasteiger partial charge in [-0.25, -0.2) is 0 Å². The van der Waals surface area contributed by atoms with E-state index in [2.05, 4.69) is 48.6 Å². The standard InChI is InChI=1S/C9H18IN/c1-4-9(3,7-10)6-5-8(2)11/h5-6,8H,4,7,11H2,1-3H3/b6-5+/t8?,9-/m0/s1. The van der Waals surface area contributed by atoms with E-state index in [0.29, 0.717) is 5.41 Å². The third-order valence-corrected chi connectivity index (χ3v) is 3.66. The van der Waals surface area contributed by atoms with Crippen LogP contribution in [0.4, 0.5) is 0 Å². The molecule has 0 aliphatic carbocycles. The zero-order chi connectivity index (χ0) is 8.91. The maximum absolute atomic E-state index is 5.62.